The Bertz CT molecular complexity index is 184. The van der Waals surface area contributed by atoms with Crippen LogP contribution >= 0.6 is 0 Å². The molecule has 0 aromatic carbocycles. The van der Waals surface area contributed by atoms with Gasteiger partial charge in [-0.2, -0.15) is 0 Å². The molecule has 16 heavy (non-hydrogen) atoms. The Morgan fingerprint density at radius 2 is 1.00 bits per heavy atom. The summed E-state index contributed by atoms with van der Waals surface area (Å²) < 4.78 is 0. The summed E-state index contributed by atoms with van der Waals surface area (Å²) >= 11 is 0. The van der Waals surface area contributed by atoms with Crippen LogP contribution < -0.4 is 0 Å². The summed E-state index contributed by atoms with van der Waals surface area (Å²) in [5, 5.41) is 0. The molecule has 0 rings (SSSR count). The van der Waals surface area contributed by atoms with Gasteiger partial charge in [0.1, 0.15) is 11.6 Å². The quantitative estimate of drug-likeness (QED) is 0.491. The second kappa shape index (κ2) is 11.1. The average Bonchev–Trinajstić information content (AvgIpc) is 2.21. The zero-order valence-corrected chi connectivity index (χ0v) is 14.6. The molecule has 89 valence electrons. The summed E-state index contributed by atoms with van der Waals surface area (Å²) in [5.41, 5.74) is 0. The Morgan fingerprint density at radius 1 is 0.750 bits per heavy atom. The van der Waals surface area contributed by atoms with E-state index in [1.54, 1.807) is 0 Å². The minimum absolute atomic E-state index is 0. The topological polar surface area (TPSA) is 34.1 Å². The molecule has 0 amide bonds. The van der Waals surface area contributed by atoms with Crippen LogP contribution in [0.2, 0.25) is 0 Å². The smallest absolute Gasteiger partial charge is 0.143 e. The van der Waals surface area contributed by atoms with Gasteiger partial charge in [0.15, 0.2) is 0 Å². The number of carbonyl (C=O) groups is 2. The van der Waals surface area contributed by atoms with Crippen molar-refractivity contribution in [1.82, 2.24) is 0 Å². The van der Waals surface area contributed by atoms with Gasteiger partial charge in [-0.05, 0) is 25.7 Å². The minimum atomic E-state index is 0. The number of carbonyl (C=O) groups excluding carboxylic acids is 2. The Labute approximate surface area is 142 Å². The molecule has 0 aromatic rings. The standard InChI is InChI=1S/C13H24O2.K/c1-5-10(6-2)12(14)9-13(15)11(7-3)8-4;/h10-11H,5-9H2,1-4H3;. The normalized spacial score (nSPS) is 10.4. The summed E-state index contributed by atoms with van der Waals surface area (Å²) in [6.07, 6.45) is 3.56. The molecule has 0 fully saturated rings. The van der Waals surface area contributed by atoms with Crippen LogP contribution in [0, 0.1) is 11.8 Å². The third-order valence-corrected chi connectivity index (χ3v) is 3.23. The summed E-state index contributed by atoms with van der Waals surface area (Å²) in [7, 11) is 0. The van der Waals surface area contributed by atoms with Crippen molar-refractivity contribution in [3.8, 4) is 0 Å². The molecule has 0 saturated heterocycles. The van der Waals surface area contributed by atoms with Gasteiger partial charge < -0.3 is 0 Å². The first-order valence-corrected chi connectivity index (χ1v) is 6.15. The van der Waals surface area contributed by atoms with Gasteiger partial charge in [-0.3, -0.25) is 9.59 Å². The van der Waals surface area contributed by atoms with E-state index in [1.807, 2.05) is 27.7 Å². The van der Waals surface area contributed by atoms with Crippen molar-refractivity contribution in [3.63, 3.8) is 0 Å². The van der Waals surface area contributed by atoms with Gasteiger partial charge >= 0.3 is 0 Å². The Hall–Kier alpha value is 0.976. The fraction of sp³-hybridized carbons (Fsp3) is 0.846. The molecular weight excluding hydrogens is 227 g/mol. The van der Waals surface area contributed by atoms with E-state index in [0.29, 0.717) is 0 Å². The predicted molar refractivity (Wildman–Crippen MR) is 68.5 cm³/mol. The van der Waals surface area contributed by atoms with Crippen LogP contribution in [0.1, 0.15) is 59.8 Å². The maximum atomic E-state index is 11.7. The molecule has 0 aromatic heterocycles. The Balaban J connectivity index is 0. The largest absolute Gasteiger partial charge is 0.299 e. The van der Waals surface area contributed by atoms with Gasteiger partial charge in [0, 0.05) is 63.2 Å². The molecule has 0 N–H and O–H groups in total. The van der Waals surface area contributed by atoms with Crippen molar-refractivity contribution in [2.75, 3.05) is 0 Å². The fourth-order valence-electron chi connectivity index (χ4n) is 1.95. The summed E-state index contributed by atoms with van der Waals surface area (Å²) in [4.78, 5) is 23.5. The SMILES string of the molecule is CCC(CC)C(=O)CC(=O)C(CC)CC.[K]. The van der Waals surface area contributed by atoms with Crippen LogP contribution in [0.25, 0.3) is 0 Å². The summed E-state index contributed by atoms with van der Waals surface area (Å²) in [6, 6.07) is 0. The molecule has 0 spiro atoms. The van der Waals surface area contributed by atoms with Crippen molar-refractivity contribution >= 4 is 63.0 Å². The van der Waals surface area contributed by atoms with Crippen molar-refractivity contribution < 1.29 is 9.59 Å². The molecule has 0 aliphatic rings. The predicted octanol–water partition coefficient (Wildman–Crippen LogP) is 3.01. The first-order valence-electron chi connectivity index (χ1n) is 6.15. The zero-order chi connectivity index (χ0) is 11.8. The van der Waals surface area contributed by atoms with E-state index in [9.17, 15) is 9.59 Å². The first kappa shape index (κ1) is 19.3. The van der Waals surface area contributed by atoms with Gasteiger partial charge in [-0.1, -0.05) is 27.7 Å². The van der Waals surface area contributed by atoms with Crippen molar-refractivity contribution in [2.45, 2.75) is 59.8 Å². The Kier molecular flexibility index (Phi) is 13.4. The van der Waals surface area contributed by atoms with E-state index in [2.05, 4.69) is 0 Å². The molecule has 0 atom stereocenters. The number of Topliss-reactive ketones (excluding diaryl/α,β-unsaturated/α-hetero) is 2. The molecule has 0 saturated carbocycles. The van der Waals surface area contributed by atoms with Crippen LogP contribution in [-0.2, 0) is 9.59 Å². The van der Waals surface area contributed by atoms with E-state index in [4.69, 9.17) is 0 Å². The molecule has 0 aliphatic heterocycles. The number of hydrogen-bond donors (Lipinski definition) is 0. The third kappa shape index (κ3) is 6.65. The second-order valence-corrected chi connectivity index (χ2v) is 4.14. The molecule has 0 bridgehead atoms. The monoisotopic (exact) mass is 251 g/mol. The average molecular weight is 251 g/mol. The van der Waals surface area contributed by atoms with Gasteiger partial charge in [0.05, 0.1) is 6.42 Å². The van der Waals surface area contributed by atoms with Crippen LogP contribution in [0.15, 0.2) is 0 Å². The van der Waals surface area contributed by atoms with Gasteiger partial charge in [-0.25, -0.2) is 0 Å². The molecule has 1 radical (unpaired) electrons. The van der Waals surface area contributed by atoms with E-state index in [0.717, 1.165) is 25.7 Å². The number of rotatable bonds is 8. The van der Waals surface area contributed by atoms with Gasteiger partial charge in [-0.15, -0.1) is 0 Å². The molecule has 0 aliphatic carbocycles. The van der Waals surface area contributed by atoms with Crippen LogP contribution in [0.5, 0.6) is 0 Å². The summed E-state index contributed by atoms with van der Waals surface area (Å²) in [5.74, 6) is 0.445. The maximum Gasteiger partial charge on any atom is 0.143 e. The molecule has 0 unspecified atom stereocenters. The summed E-state index contributed by atoms with van der Waals surface area (Å²) in [6.45, 7) is 8.03. The van der Waals surface area contributed by atoms with Crippen molar-refractivity contribution in [2.24, 2.45) is 11.8 Å². The maximum absolute atomic E-state index is 11.7. The zero-order valence-electron chi connectivity index (χ0n) is 11.5. The molecular formula is C13H24KO2. The molecule has 2 nitrogen and oxygen atoms in total. The Morgan fingerprint density at radius 3 is 1.19 bits per heavy atom. The number of ketones is 2. The van der Waals surface area contributed by atoms with Gasteiger partial charge in [0.2, 0.25) is 0 Å². The van der Waals surface area contributed by atoms with E-state index < -0.39 is 0 Å². The number of hydrogen-bond acceptors (Lipinski definition) is 2. The van der Waals surface area contributed by atoms with E-state index in [1.165, 1.54) is 0 Å². The van der Waals surface area contributed by atoms with Crippen LogP contribution in [-0.4, -0.2) is 63.0 Å². The fourth-order valence-corrected chi connectivity index (χ4v) is 1.95. The molecule has 0 heterocycles. The van der Waals surface area contributed by atoms with E-state index >= 15 is 0 Å². The third-order valence-electron chi connectivity index (χ3n) is 3.23. The van der Waals surface area contributed by atoms with E-state index in [-0.39, 0.29) is 81.2 Å². The van der Waals surface area contributed by atoms with Crippen molar-refractivity contribution in [1.29, 1.82) is 0 Å². The first-order chi connectivity index (χ1) is 7.10. The van der Waals surface area contributed by atoms with Crippen LogP contribution in [0.3, 0.4) is 0 Å². The van der Waals surface area contributed by atoms with Gasteiger partial charge in [0.25, 0.3) is 0 Å². The second-order valence-electron chi connectivity index (χ2n) is 4.14. The van der Waals surface area contributed by atoms with Crippen molar-refractivity contribution in [3.05, 3.63) is 0 Å². The molecule has 3 heteroatoms. The van der Waals surface area contributed by atoms with Crippen LogP contribution in [0.4, 0.5) is 0 Å². The minimum Gasteiger partial charge on any atom is -0.299 e.